The topological polar surface area (TPSA) is 47.0 Å². The number of guanidine groups is 1. The van der Waals surface area contributed by atoms with Gasteiger partial charge in [0.05, 0.1) is 23.8 Å². The molecule has 1 N–H and O–H groups in total. The summed E-state index contributed by atoms with van der Waals surface area (Å²) in [5, 5.41) is 6.78. The molecule has 0 aliphatic carbocycles. The molecule has 2 aliphatic rings. The van der Waals surface area contributed by atoms with Crippen LogP contribution in [0.4, 0.5) is 0 Å². The molecular weight excluding hydrogens is 368 g/mol. The molecule has 6 nitrogen and oxygen atoms in total. The summed E-state index contributed by atoms with van der Waals surface area (Å²) in [6, 6.07) is 0. The predicted octanol–water partition coefficient (Wildman–Crippen LogP) is 2.80. The van der Waals surface area contributed by atoms with Crippen molar-refractivity contribution < 1.29 is 0 Å². The van der Waals surface area contributed by atoms with Crippen LogP contribution < -0.4 is 5.32 Å². The maximum atomic E-state index is 5.16. The van der Waals surface area contributed by atoms with Crippen LogP contribution in [-0.4, -0.2) is 84.5 Å². The molecule has 1 aromatic rings. The summed E-state index contributed by atoms with van der Waals surface area (Å²) in [6.07, 6.45) is 6.51. The van der Waals surface area contributed by atoms with Crippen molar-refractivity contribution in [2.45, 2.75) is 58.0 Å². The van der Waals surface area contributed by atoms with Crippen LogP contribution in [0.3, 0.4) is 0 Å². The number of rotatable bonds is 6. The summed E-state index contributed by atoms with van der Waals surface area (Å²) in [5.74, 6) is 1.00. The van der Waals surface area contributed by atoms with Crippen molar-refractivity contribution in [3.05, 3.63) is 16.1 Å². The summed E-state index contributed by atoms with van der Waals surface area (Å²) >= 11 is 1.72. The fraction of sp³-hybridized carbons (Fsp3) is 0.810. The highest BCUT2D eigenvalue weighted by Gasteiger charge is 2.39. The highest BCUT2D eigenvalue weighted by atomic mass is 32.1. The maximum Gasteiger partial charge on any atom is 0.194 e. The van der Waals surface area contributed by atoms with Crippen LogP contribution in [0.5, 0.6) is 0 Å². The highest BCUT2D eigenvalue weighted by molar-refractivity contribution is 7.09. The molecule has 28 heavy (non-hydrogen) atoms. The minimum absolute atomic E-state index is 0.228. The molecule has 3 rings (SSSR count). The lowest BCUT2D eigenvalue weighted by molar-refractivity contribution is 0.0206. The Kier molecular flexibility index (Phi) is 7.71. The first-order valence-electron chi connectivity index (χ1n) is 10.9. The van der Waals surface area contributed by atoms with E-state index < -0.39 is 0 Å². The van der Waals surface area contributed by atoms with E-state index >= 15 is 0 Å². The number of hydrogen-bond acceptors (Lipinski definition) is 5. The second kappa shape index (κ2) is 10.0. The summed E-state index contributed by atoms with van der Waals surface area (Å²) in [7, 11) is 4.37. The van der Waals surface area contributed by atoms with E-state index in [0.29, 0.717) is 0 Å². The molecule has 0 radical (unpaired) electrons. The Morgan fingerprint density at radius 3 is 2.57 bits per heavy atom. The van der Waals surface area contributed by atoms with Crippen LogP contribution in [0, 0.1) is 6.92 Å². The first-order chi connectivity index (χ1) is 13.5. The summed E-state index contributed by atoms with van der Waals surface area (Å²) in [6.45, 7) is 11.6. The molecule has 0 amide bonds. The van der Waals surface area contributed by atoms with Gasteiger partial charge in [-0.15, -0.1) is 11.3 Å². The number of aromatic nitrogens is 1. The summed E-state index contributed by atoms with van der Waals surface area (Å²) in [5.41, 5.74) is 1.35. The fourth-order valence-corrected chi connectivity index (χ4v) is 5.07. The first-order valence-corrected chi connectivity index (χ1v) is 11.7. The lowest BCUT2D eigenvalue weighted by Gasteiger charge is -2.49. The zero-order valence-corrected chi connectivity index (χ0v) is 19.0. The van der Waals surface area contributed by atoms with Crippen LogP contribution in [0.1, 0.15) is 49.7 Å². The zero-order valence-electron chi connectivity index (χ0n) is 18.2. The average molecular weight is 407 g/mol. The Balaban J connectivity index is 1.73. The third-order valence-electron chi connectivity index (χ3n) is 6.23. The first kappa shape index (κ1) is 21.5. The van der Waals surface area contributed by atoms with E-state index in [4.69, 9.17) is 4.99 Å². The lowest BCUT2D eigenvalue weighted by Crippen LogP contribution is -2.58. The van der Waals surface area contributed by atoms with Crippen molar-refractivity contribution in [3.63, 3.8) is 0 Å². The Labute approximate surface area is 175 Å². The standard InChI is InChI=1S/C21H38N6S/c1-5-22-20(26(4)15-19-16-28-18(2)24-19)23-17-21(9-13-25(3)14-10-21)27-11-7-6-8-12-27/h16H,5-15,17H2,1-4H3,(H,22,23). The predicted molar refractivity (Wildman–Crippen MR) is 119 cm³/mol. The van der Waals surface area contributed by atoms with Crippen LogP contribution in [0.2, 0.25) is 0 Å². The largest absolute Gasteiger partial charge is 0.357 e. The summed E-state index contributed by atoms with van der Waals surface area (Å²) < 4.78 is 0. The molecule has 0 unspecified atom stereocenters. The maximum absolute atomic E-state index is 5.16. The summed E-state index contributed by atoms with van der Waals surface area (Å²) in [4.78, 5) is 17.2. The van der Waals surface area contributed by atoms with Gasteiger partial charge in [-0.25, -0.2) is 4.98 Å². The smallest absolute Gasteiger partial charge is 0.194 e. The van der Waals surface area contributed by atoms with E-state index in [1.165, 1.54) is 58.3 Å². The Bertz CT molecular complexity index is 629. The minimum Gasteiger partial charge on any atom is -0.357 e. The molecule has 1 aromatic heterocycles. The molecule has 0 bridgehead atoms. The molecule has 2 saturated heterocycles. The van der Waals surface area contributed by atoms with Gasteiger partial charge in [-0.05, 0) is 72.8 Å². The van der Waals surface area contributed by atoms with E-state index in [2.05, 4.69) is 58.3 Å². The van der Waals surface area contributed by atoms with Gasteiger partial charge in [0.1, 0.15) is 0 Å². The Hall–Kier alpha value is -1.18. The van der Waals surface area contributed by atoms with E-state index in [1.807, 2.05) is 0 Å². The number of aliphatic imine (C=N–C) groups is 1. The van der Waals surface area contributed by atoms with Gasteiger partial charge >= 0.3 is 0 Å². The van der Waals surface area contributed by atoms with Crippen molar-refractivity contribution in [2.75, 3.05) is 53.4 Å². The molecule has 0 atom stereocenters. The number of thiazole rings is 1. The van der Waals surface area contributed by atoms with Crippen LogP contribution in [0.15, 0.2) is 10.4 Å². The van der Waals surface area contributed by atoms with Gasteiger partial charge in [-0.1, -0.05) is 6.42 Å². The van der Waals surface area contributed by atoms with Gasteiger partial charge in [-0.2, -0.15) is 0 Å². The quantitative estimate of drug-likeness (QED) is 0.581. The molecule has 2 aliphatic heterocycles. The SMILES string of the molecule is CCNC(=NCC1(N2CCCCC2)CCN(C)CC1)N(C)Cc1csc(C)n1. The number of aryl methyl sites for hydroxylation is 1. The lowest BCUT2D eigenvalue weighted by atomic mass is 9.84. The molecule has 7 heteroatoms. The van der Waals surface area contributed by atoms with E-state index in [0.717, 1.165) is 36.3 Å². The molecular formula is C21H38N6S. The number of piperidine rings is 2. The third-order valence-corrected chi connectivity index (χ3v) is 7.05. The van der Waals surface area contributed by atoms with Crippen LogP contribution in [-0.2, 0) is 6.54 Å². The molecule has 0 saturated carbocycles. The van der Waals surface area contributed by atoms with Crippen LogP contribution in [0.25, 0.3) is 0 Å². The number of nitrogens with zero attached hydrogens (tertiary/aromatic N) is 5. The van der Waals surface area contributed by atoms with Crippen LogP contribution >= 0.6 is 11.3 Å². The van der Waals surface area contributed by atoms with Crippen molar-refractivity contribution in [1.29, 1.82) is 0 Å². The Morgan fingerprint density at radius 1 is 1.25 bits per heavy atom. The molecule has 0 aromatic carbocycles. The third kappa shape index (κ3) is 5.45. The Morgan fingerprint density at radius 2 is 1.96 bits per heavy atom. The molecule has 2 fully saturated rings. The van der Waals surface area contributed by atoms with Crippen molar-refractivity contribution >= 4 is 17.3 Å². The van der Waals surface area contributed by atoms with E-state index in [-0.39, 0.29) is 5.54 Å². The van der Waals surface area contributed by atoms with Gasteiger partial charge < -0.3 is 15.1 Å². The second-order valence-electron chi connectivity index (χ2n) is 8.46. The highest BCUT2D eigenvalue weighted by Crippen LogP contribution is 2.31. The monoisotopic (exact) mass is 406 g/mol. The number of hydrogen-bond donors (Lipinski definition) is 1. The van der Waals surface area contributed by atoms with Crippen molar-refractivity contribution in [3.8, 4) is 0 Å². The van der Waals surface area contributed by atoms with Crippen molar-refractivity contribution in [2.24, 2.45) is 4.99 Å². The number of likely N-dealkylation sites (tertiary alicyclic amines) is 2. The normalized spacial score (nSPS) is 21.6. The minimum atomic E-state index is 0.228. The van der Waals surface area contributed by atoms with Gasteiger partial charge in [0.25, 0.3) is 0 Å². The average Bonchev–Trinajstić information content (AvgIpc) is 3.12. The molecule has 0 spiro atoms. The van der Waals surface area contributed by atoms with Gasteiger partial charge in [0.2, 0.25) is 0 Å². The second-order valence-corrected chi connectivity index (χ2v) is 9.52. The van der Waals surface area contributed by atoms with Crippen molar-refractivity contribution in [1.82, 2.24) is 25.0 Å². The number of nitrogens with one attached hydrogen (secondary N) is 1. The zero-order chi connectivity index (χ0) is 20.0. The molecule has 3 heterocycles. The van der Waals surface area contributed by atoms with E-state index in [9.17, 15) is 0 Å². The van der Waals surface area contributed by atoms with Gasteiger partial charge in [0, 0.05) is 24.5 Å². The van der Waals surface area contributed by atoms with E-state index in [1.54, 1.807) is 11.3 Å². The molecule has 158 valence electrons. The van der Waals surface area contributed by atoms with Gasteiger partial charge in [0.15, 0.2) is 5.96 Å². The fourth-order valence-electron chi connectivity index (χ4n) is 4.47. The van der Waals surface area contributed by atoms with Gasteiger partial charge in [-0.3, -0.25) is 9.89 Å².